The summed E-state index contributed by atoms with van der Waals surface area (Å²) < 4.78 is 6.87. The van der Waals surface area contributed by atoms with E-state index in [-0.39, 0.29) is 22.2 Å². The van der Waals surface area contributed by atoms with E-state index >= 15 is 0 Å². The van der Waals surface area contributed by atoms with E-state index in [1.807, 2.05) is 0 Å². The number of halogens is 1. The van der Waals surface area contributed by atoms with Crippen molar-refractivity contribution in [2.75, 3.05) is 0 Å². The highest BCUT2D eigenvalue weighted by atomic mass is 35.5. The minimum absolute atomic E-state index is 0.0546. The third-order valence-electron chi connectivity index (χ3n) is 2.47. The Kier molecular flexibility index (Phi) is 2.92. The second-order valence-electron chi connectivity index (χ2n) is 3.74. The smallest absolute Gasteiger partial charge is 0.337 e. The van der Waals surface area contributed by atoms with Crippen molar-refractivity contribution >= 4 is 23.2 Å². The topological polar surface area (TPSA) is 102 Å². The maximum Gasteiger partial charge on any atom is 0.337 e. The first-order chi connectivity index (χ1) is 9.65. The lowest BCUT2D eigenvalue weighted by atomic mass is 10.2. The lowest BCUT2D eigenvalue weighted by Crippen LogP contribution is -2.00. The third kappa shape index (κ3) is 2.12. The molecule has 1 aromatic carbocycles. The van der Waals surface area contributed by atoms with Crippen molar-refractivity contribution in [2.24, 2.45) is 0 Å². The van der Waals surface area contributed by atoms with Crippen LogP contribution >= 0.6 is 11.6 Å². The van der Waals surface area contributed by atoms with E-state index in [2.05, 4.69) is 20.5 Å². The molecular formula is C11H6ClN5O3. The lowest BCUT2D eigenvalue weighted by molar-refractivity contribution is 0.0696. The molecule has 9 heteroatoms. The number of aromatic carboxylic acids is 1. The van der Waals surface area contributed by atoms with Crippen LogP contribution < -0.4 is 4.74 Å². The van der Waals surface area contributed by atoms with Gasteiger partial charge in [-0.15, -0.1) is 5.10 Å². The summed E-state index contributed by atoms with van der Waals surface area (Å²) in [6.07, 6.45) is 2.88. The molecule has 0 saturated carbocycles. The van der Waals surface area contributed by atoms with Crippen molar-refractivity contribution in [1.29, 1.82) is 0 Å². The number of nitrogens with zero attached hydrogens (tertiary/aromatic N) is 5. The fraction of sp³-hybridized carbons (Fsp3) is 0. The number of benzene rings is 1. The van der Waals surface area contributed by atoms with Crippen molar-refractivity contribution in [3.05, 3.63) is 41.2 Å². The standard InChI is InChI=1S/C11H6ClN5O3/c12-8-2-1-6(3-7(8)11(18)19)20-10-5-13-4-9-14-15-16-17(9)10/h1-5H,(H,18,19). The zero-order valence-electron chi connectivity index (χ0n) is 9.76. The van der Waals surface area contributed by atoms with Gasteiger partial charge in [0.25, 0.3) is 0 Å². The zero-order valence-corrected chi connectivity index (χ0v) is 10.5. The average molecular weight is 292 g/mol. The van der Waals surface area contributed by atoms with Gasteiger partial charge in [0.2, 0.25) is 11.5 Å². The second-order valence-corrected chi connectivity index (χ2v) is 4.15. The number of ether oxygens (including phenoxy) is 1. The molecule has 0 amide bonds. The molecule has 0 atom stereocenters. The minimum atomic E-state index is -1.14. The van der Waals surface area contributed by atoms with Gasteiger partial charge in [0, 0.05) is 0 Å². The summed E-state index contributed by atoms with van der Waals surface area (Å²) in [5.41, 5.74) is 0.357. The Morgan fingerprint density at radius 2 is 2.20 bits per heavy atom. The van der Waals surface area contributed by atoms with Crippen LogP contribution in [0.3, 0.4) is 0 Å². The fourth-order valence-corrected chi connectivity index (χ4v) is 1.77. The normalized spacial score (nSPS) is 10.7. The van der Waals surface area contributed by atoms with Crippen LogP contribution in [0.2, 0.25) is 5.02 Å². The van der Waals surface area contributed by atoms with Crippen molar-refractivity contribution in [2.45, 2.75) is 0 Å². The molecule has 3 rings (SSSR count). The number of carboxylic acids is 1. The van der Waals surface area contributed by atoms with Gasteiger partial charge in [-0.05, 0) is 28.6 Å². The number of aromatic nitrogens is 5. The first kappa shape index (κ1) is 12.3. The molecule has 0 aliphatic carbocycles. The molecule has 8 nitrogen and oxygen atoms in total. The predicted octanol–water partition coefficient (Wildman–Crippen LogP) is 1.66. The van der Waals surface area contributed by atoms with Gasteiger partial charge in [-0.3, -0.25) is 4.98 Å². The van der Waals surface area contributed by atoms with Crippen LogP contribution in [0.25, 0.3) is 5.65 Å². The number of hydrogen-bond acceptors (Lipinski definition) is 6. The van der Waals surface area contributed by atoms with Crippen LogP contribution in [-0.2, 0) is 0 Å². The van der Waals surface area contributed by atoms with E-state index in [1.165, 1.54) is 35.1 Å². The number of hydrogen-bond donors (Lipinski definition) is 1. The van der Waals surface area contributed by atoms with Gasteiger partial charge in [0.1, 0.15) is 5.75 Å². The number of fused-ring (bicyclic) bond motifs is 1. The van der Waals surface area contributed by atoms with E-state index in [1.54, 1.807) is 0 Å². The van der Waals surface area contributed by atoms with Gasteiger partial charge >= 0.3 is 5.97 Å². The molecule has 0 radical (unpaired) electrons. The summed E-state index contributed by atoms with van der Waals surface area (Å²) in [6, 6.07) is 4.29. The molecule has 0 fully saturated rings. The highest BCUT2D eigenvalue weighted by Crippen LogP contribution is 2.26. The van der Waals surface area contributed by atoms with Gasteiger partial charge in [0.15, 0.2) is 0 Å². The maximum atomic E-state index is 11.0. The molecular weight excluding hydrogens is 286 g/mol. The minimum Gasteiger partial charge on any atom is -0.478 e. The molecule has 0 aliphatic rings. The number of tetrazole rings is 1. The molecule has 2 heterocycles. The van der Waals surface area contributed by atoms with Gasteiger partial charge in [-0.2, -0.15) is 4.52 Å². The summed E-state index contributed by atoms with van der Waals surface area (Å²) in [5.74, 6) is -0.595. The van der Waals surface area contributed by atoms with Crippen molar-refractivity contribution in [1.82, 2.24) is 25.0 Å². The van der Waals surface area contributed by atoms with Gasteiger partial charge in [-0.25, -0.2) is 4.79 Å². The predicted molar refractivity (Wildman–Crippen MR) is 67.1 cm³/mol. The summed E-state index contributed by atoms with van der Waals surface area (Å²) in [6.45, 7) is 0. The largest absolute Gasteiger partial charge is 0.478 e. The van der Waals surface area contributed by atoms with Crippen molar-refractivity contribution < 1.29 is 14.6 Å². The van der Waals surface area contributed by atoms with Gasteiger partial charge < -0.3 is 9.84 Å². The van der Waals surface area contributed by atoms with E-state index < -0.39 is 5.97 Å². The average Bonchev–Trinajstić information content (AvgIpc) is 2.90. The van der Waals surface area contributed by atoms with Gasteiger partial charge in [0.05, 0.1) is 23.0 Å². The van der Waals surface area contributed by atoms with E-state index in [9.17, 15) is 4.79 Å². The van der Waals surface area contributed by atoms with Crippen LogP contribution in [-0.4, -0.2) is 36.1 Å². The molecule has 20 heavy (non-hydrogen) atoms. The molecule has 0 unspecified atom stereocenters. The summed E-state index contributed by atoms with van der Waals surface area (Å²) in [4.78, 5) is 14.9. The lowest BCUT2D eigenvalue weighted by Gasteiger charge is -2.07. The van der Waals surface area contributed by atoms with Crippen LogP contribution in [0.1, 0.15) is 10.4 Å². The molecule has 1 N–H and O–H groups in total. The van der Waals surface area contributed by atoms with Crippen molar-refractivity contribution in [3.63, 3.8) is 0 Å². The SMILES string of the molecule is O=C(O)c1cc(Oc2cncc3nnnn23)ccc1Cl. The Hall–Kier alpha value is -2.74. The van der Waals surface area contributed by atoms with Crippen LogP contribution in [0.4, 0.5) is 0 Å². The van der Waals surface area contributed by atoms with E-state index in [4.69, 9.17) is 21.4 Å². The molecule has 100 valence electrons. The monoisotopic (exact) mass is 291 g/mol. The molecule has 0 spiro atoms. The fourth-order valence-electron chi connectivity index (χ4n) is 1.58. The van der Waals surface area contributed by atoms with Crippen molar-refractivity contribution in [3.8, 4) is 11.6 Å². The van der Waals surface area contributed by atoms with Gasteiger partial charge in [-0.1, -0.05) is 11.6 Å². The third-order valence-corrected chi connectivity index (χ3v) is 2.80. The molecule has 0 saturated heterocycles. The zero-order chi connectivity index (χ0) is 14.1. The number of carboxylic acid groups (broad SMARTS) is 1. The van der Waals surface area contributed by atoms with E-state index in [0.717, 1.165) is 0 Å². The van der Waals surface area contributed by atoms with Crippen LogP contribution in [0, 0.1) is 0 Å². The first-order valence-electron chi connectivity index (χ1n) is 5.38. The Labute approximate surface area is 116 Å². The maximum absolute atomic E-state index is 11.0. The summed E-state index contributed by atoms with van der Waals surface area (Å²) in [5, 5.41) is 20.1. The first-order valence-corrected chi connectivity index (χ1v) is 5.76. The quantitative estimate of drug-likeness (QED) is 0.782. The van der Waals surface area contributed by atoms with Crippen LogP contribution in [0.5, 0.6) is 11.6 Å². The highest BCUT2D eigenvalue weighted by Gasteiger charge is 2.12. The summed E-state index contributed by atoms with van der Waals surface area (Å²) >= 11 is 5.79. The number of rotatable bonds is 3. The molecule has 3 aromatic rings. The Morgan fingerprint density at radius 1 is 1.35 bits per heavy atom. The second kappa shape index (κ2) is 4.74. The molecule has 0 bridgehead atoms. The van der Waals surface area contributed by atoms with E-state index in [0.29, 0.717) is 5.65 Å². The summed E-state index contributed by atoms with van der Waals surface area (Å²) in [7, 11) is 0. The van der Waals surface area contributed by atoms with Crippen LogP contribution in [0.15, 0.2) is 30.6 Å². The Bertz CT molecular complexity index is 804. The highest BCUT2D eigenvalue weighted by molar-refractivity contribution is 6.33. The Morgan fingerprint density at radius 3 is 3.00 bits per heavy atom. The number of carbonyl (C=O) groups is 1. The molecule has 2 aromatic heterocycles. The Balaban J connectivity index is 2.01. The molecule has 0 aliphatic heterocycles.